The molecular formula is C16H19NO4. The lowest BCUT2D eigenvalue weighted by Crippen LogP contribution is -2.41. The van der Waals surface area contributed by atoms with Crippen molar-refractivity contribution in [3.63, 3.8) is 0 Å². The van der Waals surface area contributed by atoms with Crippen LogP contribution in [0.3, 0.4) is 0 Å². The van der Waals surface area contributed by atoms with E-state index in [0.717, 1.165) is 16.8 Å². The van der Waals surface area contributed by atoms with Crippen molar-refractivity contribution in [2.75, 3.05) is 19.0 Å². The molecule has 21 heavy (non-hydrogen) atoms. The number of ether oxygens (including phenoxy) is 2. The quantitative estimate of drug-likeness (QED) is 0.475. The van der Waals surface area contributed by atoms with Crippen molar-refractivity contribution < 1.29 is 19.1 Å². The number of cyclic esters (lactones) is 2. The first-order valence-electron chi connectivity index (χ1n) is 6.66. The largest absolute Gasteiger partial charge is 0.419 e. The van der Waals surface area contributed by atoms with E-state index >= 15 is 0 Å². The van der Waals surface area contributed by atoms with Crippen LogP contribution in [0.2, 0.25) is 0 Å². The second-order valence-corrected chi connectivity index (χ2v) is 5.67. The number of benzene rings is 1. The third-order valence-electron chi connectivity index (χ3n) is 3.19. The number of hydrogen-bond acceptors (Lipinski definition) is 5. The predicted octanol–water partition coefficient (Wildman–Crippen LogP) is 2.28. The van der Waals surface area contributed by atoms with Gasteiger partial charge in [-0.2, -0.15) is 0 Å². The minimum absolute atomic E-state index is 0.0879. The van der Waals surface area contributed by atoms with Crippen LogP contribution in [0, 0.1) is 6.92 Å². The van der Waals surface area contributed by atoms with Gasteiger partial charge in [0.2, 0.25) is 0 Å². The van der Waals surface area contributed by atoms with Crippen LogP contribution in [0.1, 0.15) is 25.0 Å². The lowest BCUT2D eigenvalue weighted by molar-refractivity contribution is -0.222. The molecule has 1 aliphatic heterocycles. The summed E-state index contributed by atoms with van der Waals surface area (Å²) in [7, 11) is 3.90. The van der Waals surface area contributed by atoms with Crippen molar-refractivity contribution in [3.8, 4) is 0 Å². The summed E-state index contributed by atoms with van der Waals surface area (Å²) >= 11 is 0. The van der Waals surface area contributed by atoms with Crippen molar-refractivity contribution >= 4 is 23.7 Å². The molecule has 2 rings (SSSR count). The maximum absolute atomic E-state index is 11.9. The number of esters is 2. The normalized spacial score (nSPS) is 17.1. The maximum Gasteiger partial charge on any atom is 0.348 e. The molecule has 0 aliphatic carbocycles. The minimum Gasteiger partial charge on any atom is -0.419 e. The van der Waals surface area contributed by atoms with Gasteiger partial charge >= 0.3 is 11.9 Å². The molecular weight excluding hydrogens is 270 g/mol. The smallest absolute Gasteiger partial charge is 0.348 e. The summed E-state index contributed by atoms with van der Waals surface area (Å²) in [6.07, 6.45) is 1.51. The maximum atomic E-state index is 11.9. The molecule has 0 aromatic heterocycles. The number of carbonyl (C=O) groups is 2. The summed E-state index contributed by atoms with van der Waals surface area (Å²) in [5.41, 5.74) is 2.70. The van der Waals surface area contributed by atoms with Crippen LogP contribution in [0.15, 0.2) is 23.8 Å². The Morgan fingerprint density at radius 1 is 1.10 bits per heavy atom. The van der Waals surface area contributed by atoms with Gasteiger partial charge in [0.15, 0.2) is 0 Å². The summed E-state index contributed by atoms with van der Waals surface area (Å²) in [4.78, 5) is 25.8. The van der Waals surface area contributed by atoms with E-state index in [1.807, 2.05) is 44.1 Å². The zero-order valence-corrected chi connectivity index (χ0v) is 12.9. The molecule has 0 bridgehead atoms. The minimum atomic E-state index is -1.21. The molecule has 1 saturated heterocycles. The molecule has 0 radical (unpaired) electrons. The van der Waals surface area contributed by atoms with E-state index in [2.05, 4.69) is 0 Å². The number of hydrogen-bond donors (Lipinski definition) is 0. The first-order valence-corrected chi connectivity index (χ1v) is 6.66. The molecule has 0 amide bonds. The molecule has 5 heteroatoms. The molecule has 0 saturated carbocycles. The van der Waals surface area contributed by atoms with Gasteiger partial charge in [-0.15, -0.1) is 0 Å². The van der Waals surface area contributed by atoms with Gasteiger partial charge in [-0.25, -0.2) is 9.59 Å². The van der Waals surface area contributed by atoms with Crippen LogP contribution in [-0.4, -0.2) is 31.8 Å². The Balaban J connectivity index is 2.36. The number of anilines is 1. The zero-order valence-electron chi connectivity index (χ0n) is 12.9. The molecule has 1 fully saturated rings. The third-order valence-corrected chi connectivity index (χ3v) is 3.19. The van der Waals surface area contributed by atoms with Crippen molar-refractivity contribution in [1.82, 2.24) is 0 Å². The van der Waals surface area contributed by atoms with Crippen LogP contribution in [0.4, 0.5) is 5.69 Å². The van der Waals surface area contributed by atoms with Gasteiger partial charge in [0.05, 0.1) is 0 Å². The summed E-state index contributed by atoms with van der Waals surface area (Å²) < 4.78 is 10.1. The Hall–Kier alpha value is -2.30. The summed E-state index contributed by atoms with van der Waals surface area (Å²) in [6, 6.07) is 5.76. The highest BCUT2D eigenvalue weighted by Crippen LogP contribution is 2.26. The van der Waals surface area contributed by atoms with Gasteiger partial charge in [-0.3, -0.25) is 0 Å². The Labute approximate surface area is 124 Å². The van der Waals surface area contributed by atoms with E-state index in [1.54, 1.807) is 0 Å². The highest BCUT2D eigenvalue weighted by molar-refractivity contribution is 6.18. The molecule has 0 atom stereocenters. The Morgan fingerprint density at radius 3 is 2.14 bits per heavy atom. The van der Waals surface area contributed by atoms with Crippen molar-refractivity contribution in [2.45, 2.75) is 26.6 Å². The number of carbonyl (C=O) groups excluding carboxylic acids is 2. The SMILES string of the molecule is Cc1cc(N(C)C)ccc1C=C1C(=O)OC(C)(C)OC1=O. The topological polar surface area (TPSA) is 55.8 Å². The average molecular weight is 289 g/mol. The zero-order chi connectivity index (χ0) is 15.8. The molecule has 1 aromatic rings. The highest BCUT2D eigenvalue weighted by Gasteiger charge is 2.38. The highest BCUT2D eigenvalue weighted by atomic mass is 16.7. The van der Waals surface area contributed by atoms with Crippen LogP contribution < -0.4 is 4.90 Å². The van der Waals surface area contributed by atoms with Crippen LogP contribution in [0.25, 0.3) is 6.08 Å². The molecule has 5 nitrogen and oxygen atoms in total. The monoisotopic (exact) mass is 289 g/mol. The third kappa shape index (κ3) is 3.24. The van der Waals surface area contributed by atoms with Gasteiger partial charge in [0, 0.05) is 33.6 Å². The van der Waals surface area contributed by atoms with Gasteiger partial charge in [0.25, 0.3) is 5.79 Å². The second kappa shape index (κ2) is 5.24. The van der Waals surface area contributed by atoms with Gasteiger partial charge in [-0.1, -0.05) is 6.07 Å². The number of aryl methyl sites for hydroxylation is 1. The van der Waals surface area contributed by atoms with Gasteiger partial charge in [-0.05, 0) is 36.3 Å². The molecule has 1 aliphatic rings. The van der Waals surface area contributed by atoms with Gasteiger partial charge in [0.1, 0.15) is 5.57 Å². The molecule has 1 aromatic carbocycles. The van der Waals surface area contributed by atoms with Crippen molar-refractivity contribution in [3.05, 3.63) is 34.9 Å². The van der Waals surface area contributed by atoms with Gasteiger partial charge < -0.3 is 14.4 Å². The second-order valence-electron chi connectivity index (χ2n) is 5.67. The van der Waals surface area contributed by atoms with Crippen LogP contribution >= 0.6 is 0 Å². The van der Waals surface area contributed by atoms with Crippen molar-refractivity contribution in [2.24, 2.45) is 0 Å². The molecule has 0 N–H and O–H groups in total. The summed E-state index contributed by atoms with van der Waals surface area (Å²) in [6.45, 7) is 4.97. The molecule has 112 valence electrons. The Morgan fingerprint density at radius 2 is 1.67 bits per heavy atom. The first kappa shape index (κ1) is 15.1. The van der Waals surface area contributed by atoms with E-state index < -0.39 is 17.7 Å². The fraction of sp³-hybridized carbons (Fsp3) is 0.375. The molecule has 0 spiro atoms. The van der Waals surface area contributed by atoms with E-state index in [0.29, 0.717) is 0 Å². The van der Waals surface area contributed by atoms with E-state index in [9.17, 15) is 9.59 Å². The van der Waals surface area contributed by atoms with E-state index in [4.69, 9.17) is 9.47 Å². The fourth-order valence-corrected chi connectivity index (χ4v) is 2.03. The molecule has 0 unspecified atom stereocenters. The number of rotatable bonds is 2. The lowest BCUT2D eigenvalue weighted by atomic mass is 10.0. The average Bonchev–Trinajstić information content (AvgIpc) is 2.33. The summed E-state index contributed by atoms with van der Waals surface area (Å²) in [5, 5.41) is 0. The van der Waals surface area contributed by atoms with Crippen molar-refractivity contribution in [1.29, 1.82) is 0 Å². The summed E-state index contributed by atoms with van der Waals surface area (Å²) in [5.74, 6) is -2.53. The number of nitrogens with zero attached hydrogens (tertiary/aromatic N) is 1. The Kier molecular flexibility index (Phi) is 3.77. The van der Waals surface area contributed by atoms with Crippen LogP contribution in [0.5, 0.6) is 0 Å². The standard InChI is InChI=1S/C16H19NO4/c1-10-8-12(17(4)5)7-6-11(10)9-13-14(18)20-16(2,3)21-15(13)19/h6-9H,1-5H3. The Bertz CT molecular complexity index is 607. The lowest BCUT2D eigenvalue weighted by Gasteiger charge is -2.29. The van der Waals surface area contributed by atoms with E-state index in [1.165, 1.54) is 19.9 Å². The van der Waals surface area contributed by atoms with E-state index in [-0.39, 0.29) is 5.57 Å². The fourth-order valence-electron chi connectivity index (χ4n) is 2.03. The predicted molar refractivity (Wildman–Crippen MR) is 79.7 cm³/mol. The van der Waals surface area contributed by atoms with Crippen LogP contribution in [-0.2, 0) is 19.1 Å². The molecule has 1 heterocycles. The first-order chi connectivity index (χ1) is 9.69.